The molecule has 0 saturated heterocycles. The lowest BCUT2D eigenvalue weighted by molar-refractivity contribution is -0.136. The topological polar surface area (TPSA) is 107 Å². The molecule has 0 spiro atoms. The lowest BCUT2D eigenvalue weighted by atomic mass is 10.1. The molecule has 2 aromatic carbocycles. The van der Waals surface area contributed by atoms with Crippen LogP contribution in [0.1, 0.15) is 16.7 Å². The van der Waals surface area contributed by atoms with Crippen LogP contribution < -0.4 is 19.5 Å². The Morgan fingerprint density at radius 2 is 1.82 bits per heavy atom. The van der Waals surface area contributed by atoms with E-state index < -0.39 is 11.9 Å². The first-order valence-electron chi connectivity index (χ1n) is 9.96. The Bertz CT molecular complexity index is 1070. The van der Waals surface area contributed by atoms with Gasteiger partial charge in [-0.25, -0.2) is 4.79 Å². The molecule has 1 N–H and O–H groups in total. The normalized spacial score (nSPS) is 10.8. The van der Waals surface area contributed by atoms with Crippen LogP contribution in [0, 0.1) is 25.2 Å². The Labute approximate surface area is 201 Å². The van der Waals surface area contributed by atoms with Gasteiger partial charge in [0.15, 0.2) is 18.1 Å². The fourth-order valence-electron chi connectivity index (χ4n) is 2.94. The van der Waals surface area contributed by atoms with E-state index in [9.17, 15) is 14.9 Å². The molecule has 0 aliphatic rings. The lowest BCUT2D eigenvalue weighted by Gasteiger charge is -2.13. The molecule has 0 radical (unpaired) electrons. The summed E-state index contributed by atoms with van der Waals surface area (Å²) in [4.78, 5) is 24.4. The van der Waals surface area contributed by atoms with Crippen molar-refractivity contribution in [3.8, 4) is 23.3 Å². The van der Waals surface area contributed by atoms with Crippen LogP contribution in [-0.4, -0.2) is 45.9 Å². The fraction of sp³-hybridized carbons (Fsp3) is 0.292. The second-order valence-electron chi connectivity index (χ2n) is 6.96. The van der Waals surface area contributed by atoms with E-state index in [0.29, 0.717) is 17.9 Å². The molecule has 1 amide bonds. The molecule has 2 aromatic rings. The number of carbonyl (C=O) groups is 2. The minimum atomic E-state index is -0.603. The first-order chi connectivity index (χ1) is 15.8. The van der Waals surface area contributed by atoms with Crippen LogP contribution in [-0.2, 0) is 14.3 Å². The van der Waals surface area contributed by atoms with Gasteiger partial charge in [-0.3, -0.25) is 4.79 Å². The lowest BCUT2D eigenvalue weighted by Crippen LogP contribution is -2.27. The summed E-state index contributed by atoms with van der Waals surface area (Å²) in [6, 6.07) is 10.4. The maximum Gasteiger partial charge on any atom is 0.349 e. The number of ether oxygens (including phenoxy) is 4. The molecule has 33 heavy (non-hydrogen) atoms. The number of carbonyl (C=O) groups excluding carboxylic acids is 2. The standard InChI is InChI=1S/C24H25BrN2O6/c1-15-9-19(25)10-16(2)23(15)32-14-22(28)33-20-6-5-17(12-21(20)31-4)11-18(13-26)24(29)27-7-8-30-3/h5-6,9-12H,7-8,14H2,1-4H3,(H,27,29)/b18-11+. The van der Waals surface area contributed by atoms with Crippen LogP contribution in [0.4, 0.5) is 0 Å². The summed E-state index contributed by atoms with van der Waals surface area (Å²) in [7, 11) is 2.94. The number of nitrogens with zero attached hydrogens (tertiary/aromatic N) is 1. The minimum absolute atomic E-state index is 0.0773. The summed E-state index contributed by atoms with van der Waals surface area (Å²) in [5.74, 6) is -0.0376. The van der Waals surface area contributed by atoms with Crippen molar-refractivity contribution < 1.29 is 28.5 Å². The van der Waals surface area contributed by atoms with Crippen LogP contribution in [0.3, 0.4) is 0 Å². The first kappa shape index (κ1) is 25.9. The molecule has 0 aliphatic heterocycles. The van der Waals surface area contributed by atoms with Crippen LogP contribution in [0.15, 0.2) is 40.4 Å². The number of hydrogen-bond acceptors (Lipinski definition) is 7. The number of methoxy groups -OCH3 is 2. The first-order valence-corrected chi connectivity index (χ1v) is 10.8. The third-order valence-corrected chi connectivity index (χ3v) is 4.90. The number of benzene rings is 2. The molecule has 0 unspecified atom stereocenters. The van der Waals surface area contributed by atoms with E-state index in [1.807, 2.05) is 32.0 Å². The van der Waals surface area contributed by atoms with Gasteiger partial charge in [-0.05, 0) is 60.9 Å². The zero-order valence-corrected chi connectivity index (χ0v) is 20.4. The Hall–Kier alpha value is -3.35. The number of amides is 1. The van der Waals surface area contributed by atoms with E-state index in [1.54, 1.807) is 12.1 Å². The predicted octanol–water partition coefficient (Wildman–Crippen LogP) is 3.73. The second-order valence-corrected chi connectivity index (χ2v) is 7.88. The van der Waals surface area contributed by atoms with Gasteiger partial charge in [-0.1, -0.05) is 22.0 Å². The molecule has 0 aliphatic carbocycles. The molecule has 0 bridgehead atoms. The maximum atomic E-state index is 12.3. The van der Waals surface area contributed by atoms with E-state index in [-0.39, 0.29) is 30.2 Å². The summed E-state index contributed by atoms with van der Waals surface area (Å²) < 4.78 is 22.1. The zero-order valence-electron chi connectivity index (χ0n) is 18.9. The van der Waals surface area contributed by atoms with Gasteiger partial charge in [0.2, 0.25) is 0 Å². The second kappa shape index (κ2) is 12.6. The van der Waals surface area contributed by atoms with E-state index in [0.717, 1.165) is 15.6 Å². The Morgan fingerprint density at radius 3 is 2.42 bits per heavy atom. The van der Waals surface area contributed by atoms with E-state index >= 15 is 0 Å². The van der Waals surface area contributed by atoms with Crippen LogP contribution in [0.25, 0.3) is 6.08 Å². The Balaban J connectivity index is 2.09. The number of halogens is 1. The van der Waals surface area contributed by atoms with Gasteiger partial charge >= 0.3 is 5.97 Å². The third-order valence-electron chi connectivity index (χ3n) is 4.44. The van der Waals surface area contributed by atoms with Gasteiger partial charge in [-0.15, -0.1) is 0 Å². The van der Waals surface area contributed by atoms with Crippen molar-refractivity contribution in [2.45, 2.75) is 13.8 Å². The predicted molar refractivity (Wildman–Crippen MR) is 126 cm³/mol. The van der Waals surface area contributed by atoms with Crippen molar-refractivity contribution in [2.75, 3.05) is 34.0 Å². The smallest absolute Gasteiger partial charge is 0.349 e. The molecule has 2 rings (SSSR count). The summed E-state index contributed by atoms with van der Waals surface area (Å²) in [6.07, 6.45) is 1.42. The minimum Gasteiger partial charge on any atom is -0.493 e. The fourth-order valence-corrected chi connectivity index (χ4v) is 3.63. The van der Waals surface area contributed by atoms with Crippen molar-refractivity contribution in [3.05, 3.63) is 57.1 Å². The molecule has 9 heteroatoms. The average molecular weight is 517 g/mol. The van der Waals surface area contributed by atoms with Crippen LogP contribution in [0.2, 0.25) is 0 Å². The van der Waals surface area contributed by atoms with E-state index in [2.05, 4.69) is 21.2 Å². The van der Waals surface area contributed by atoms with Crippen molar-refractivity contribution >= 4 is 33.9 Å². The summed E-state index contributed by atoms with van der Waals surface area (Å²) in [5, 5.41) is 11.9. The SMILES string of the molecule is COCCNC(=O)/C(C#N)=C/c1ccc(OC(=O)COc2c(C)cc(Br)cc2C)c(OC)c1. The summed E-state index contributed by atoms with van der Waals surface area (Å²) in [5.41, 5.74) is 2.24. The number of nitriles is 1. The monoisotopic (exact) mass is 516 g/mol. The largest absolute Gasteiger partial charge is 0.493 e. The van der Waals surface area contributed by atoms with E-state index in [4.69, 9.17) is 18.9 Å². The molecule has 174 valence electrons. The summed E-state index contributed by atoms with van der Waals surface area (Å²) in [6.45, 7) is 4.12. The third kappa shape index (κ3) is 7.63. The molecule has 0 aromatic heterocycles. The number of esters is 1. The van der Waals surface area contributed by atoms with Crippen LogP contribution >= 0.6 is 15.9 Å². The van der Waals surface area contributed by atoms with Crippen molar-refractivity contribution in [1.29, 1.82) is 5.26 Å². The highest BCUT2D eigenvalue weighted by molar-refractivity contribution is 9.10. The van der Waals surface area contributed by atoms with Gasteiger partial charge in [-0.2, -0.15) is 5.26 Å². The maximum absolute atomic E-state index is 12.3. The molecule has 0 fully saturated rings. The highest BCUT2D eigenvalue weighted by atomic mass is 79.9. The van der Waals surface area contributed by atoms with Crippen molar-refractivity contribution in [2.24, 2.45) is 0 Å². The average Bonchev–Trinajstić information content (AvgIpc) is 2.77. The number of rotatable bonds is 10. The van der Waals surface area contributed by atoms with Crippen molar-refractivity contribution in [1.82, 2.24) is 5.32 Å². The van der Waals surface area contributed by atoms with Gasteiger partial charge in [0.1, 0.15) is 17.4 Å². The number of aryl methyl sites for hydroxylation is 2. The molecule has 0 saturated carbocycles. The Morgan fingerprint density at radius 1 is 1.12 bits per heavy atom. The quantitative estimate of drug-likeness (QED) is 0.168. The van der Waals surface area contributed by atoms with Gasteiger partial charge in [0.25, 0.3) is 5.91 Å². The number of hydrogen-bond donors (Lipinski definition) is 1. The molecule has 0 atom stereocenters. The molecule has 0 heterocycles. The summed E-state index contributed by atoms with van der Waals surface area (Å²) >= 11 is 3.42. The molecular weight excluding hydrogens is 492 g/mol. The van der Waals surface area contributed by atoms with E-state index in [1.165, 1.54) is 26.4 Å². The van der Waals surface area contributed by atoms with Crippen LogP contribution in [0.5, 0.6) is 17.2 Å². The molecular formula is C24H25BrN2O6. The number of nitrogens with one attached hydrogen (secondary N) is 1. The van der Waals surface area contributed by atoms with Gasteiger partial charge < -0.3 is 24.3 Å². The van der Waals surface area contributed by atoms with Gasteiger partial charge in [0, 0.05) is 18.1 Å². The zero-order chi connectivity index (χ0) is 24.4. The van der Waals surface area contributed by atoms with Crippen molar-refractivity contribution in [3.63, 3.8) is 0 Å². The highest BCUT2D eigenvalue weighted by Gasteiger charge is 2.14. The highest BCUT2D eigenvalue weighted by Crippen LogP contribution is 2.30. The molecule has 8 nitrogen and oxygen atoms in total. The Kier molecular flexibility index (Phi) is 9.91. The van der Waals surface area contributed by atoms with Gasteiger partial charge in [0.05, 0.1) is 13.7 Å².